The highest BCUT2D eigenvalue weighted by molar-refractivity contribution is 5.87. The van der Waals surface area contributed by atoms with Crippen molar-refractivity contribution in [2.24, 2.45) is 7.05 Å². The molecule has 4 rings (SSSR count). The Labute approximate surface area is 168 Å². The molecule has 150 valence electrons. The first-order chi connectivity index (χ1) is 13.9. The van der Waals surface area contributed by atoms with Crippen LogP contribution in [0.1, 0.15) is 24.1 Å². The van der Waals surface area contributed by atoms with Crippen LogP contribution in [0.5, 0.6) is 0 Å². The highest BCUT2D eigenvalue weighted by atomic mass is 16.5. The molecular formula is C23H25N3O3. The third kappa shape index (κ3) is 3.09. The number of hydrogen-bond donors (Lipinski definition) is 0. The summed E-state index contributed by atoms with van der Waals surface area (Å²) < 4.78 is 10.3. The molecule has 0 aliphatic carbocycles. The van der Waals surface area contributed by atoms with Crippen LogP contribution in [0, 0.1) is 6.92 Å². The highest BCUT2D eigenvalue weighted by Gasteiger charge is 2.19. The molecule has 29 heavy (non-hydrogen) atoms. The van der Waals surface area contributed by atoms with Crippen molar-refractivity contribution in [3.8, 4) is 0 Å². The minimum absolute atomic E-state index is 0.277. The number of aromatic nitrogens is 3. The summed E-state index contributed by atoms with van der Waals surface area (Å²) in [6.45, 7) is 4.59. The van der Waals surface area contributed by atoms with Crippen LogP contribution in [0.3, 0.4) is 0 Å². The summed E-state index contributed by atoms with van der Waals surface area (Å²) in [6.07, 6.45) is 2.06. The first-order valence-electron chi connectivity index (χ1n) is 9.70. The molecule has 0 saturated heterocycles. The Kier molecular flexibility index (Phi) is 4.88. The van der Waals surface area contributed by atoms with Crippen molar-refractivity contribution < 1.29 is 4.74 Å². The number of benzene rings is 2. The van der Waals surface area contributed by atoms with E-state index >= 15 is 0 Å². The maximum atomic E-state index is 13.4. The van der Waals surface area contributed by atoms with Gasteiger partial charge in [-0.2, -0.15) is 0 Å². The molecule has 0 amide bonds. The molecule has 1 atom stereocenters. The average molecular weight is 391 g/mol. The second-order valence-corrected chi connectivity index (χ2v) is 7.60. The van der Waals surface area contributed by atoms with Gasteiger partial charge < -0.3 is 9.30 Å². The van der Waals surface area contributed by atoms with Gasteiger partial charge >= 0.3 is 5.69 Å². The average Bonchev–Trinajstić information content (AvgIpc) is 3.02. The molecule has 0 aliphatic heterocycles. The van der Waals surface area contributed by atoms with Crippen LogP contribution in [0.15, 0.2) is 58.3 Å². The Morgan fingerprint density at radius 3 is 2.52 bits per heavy atom. The zero-order valence-corrected chi connectivity index (χ0v) is 17.2. The van der Waals surface area contributed by atoms with Crippen LogP contribution in [0.4, 0.5) is 0 Å². The molecule has 2 aromatic heterocycles. The number of para-hydroxylation sites is 1. The van der Waals surface area contributed by atoms with Crippen molar-refractivity contribution in [1.82, 2.24) is 13.7 Å². The van der Waals surface area contributed by atoms with Crippen molar-refractivity contribution in [1.29, 1.82) is 0 Å². The van der Waals surface area contributed by atoms with E-state index in [0.717, 1.165) is 22.0 Å². The fourth-order valence-electron chi connectivity index (χ4n) is 4.22. The van der Waals surface area contributed by atoms with Gasteiger partial charge in [0.15, 0.2) is 0 Å². The molecule has 6 nitrogen and oxygen atoms in total. The molecular weight excluding hydrogens is 366 g/mol. The second-order valence-electron chi connectivity index (χ2n) is 7.60. The molecule has 2 aromatic carbocycles. The zero-order chi connectivity index (χ0) is 20.7. The highest BCUT2D eigenvalue weighted by Crippen LogP contribution is 2.25. The fraction of sp³-hybridized carbons (Fsp3) is 0.304. The predicted octanol–water partition coefficient (Wildman–Crippen LogP) is 3.22. The smallest absolute Gasteiger partial charge is 0.332 e. The lowest BCUT2D eigenvalue weighted by Gasteiger charge is -2.18. The molecule has 0 aliphatic rings. The van der Waals surface area contributed by atoms with Crippen LogP contribution in [-0.2, 0) is 18.3 Å². The molecule has 0 spiro atoms. The van der Waals surface area contributed by atoms with Gasteiger partial charge in [-0.1, -0.05) is 24.3 Å². The summed E-state index contributed by atoms with van der Waals surface area (Å²) >= 11 is 0. The standard InChI is InChI=1S/C23H25N3O3/c1-15-8-7-11-20-21(15)17(12-24(20)3)13-25-19-10-6-5-9-18(19)22(27)26(23(25)28)16(2)14-29-4/h5-12,16H,13-14H2,1-4H3. The SMILES string of the molecule is COCC(C)n1c(=O)c2ccccc2n(Cc2cn(C)c3cccc(C)c23)c1=O. The van der Waals surface area contributed by atoms with Crippen molar-refractivity contribution in [2.75, 3.05) is 13.7 Å². The van der Waals surface area contributed by atoms with Crippen molar-refractivity contribution in [3.05, 3.63) is 80.6 Å². The van der Waals surface area contributed by atoms with Gasteiger partial charge in [-0.15, -0.1) is 0 Å². The van der Waals surface area contributed by atoms with Gasteiger partial charge in [0.1, 0.15) is 0 Å². The van der Waals surface area contributed by atoms with Gasteiger partial charge in [0.25, 0.3) is 5.56 Å². The lowest BCUT2D eigenvalue weighted by Crippen LogP contribution is -2.42. The molecule has 0 bridgehead atoms. The third-order valence-electron chi connectivity index (χ3n) is 5.56. The van der Waals surface area contributed by atoms with Crippen LogP contribution in [0.25, 0.3) is 21.8 Å². The van der Waals surface area contributed by atoms with E-state index in [4.69, 9.17) is 4.74 Å². The summed E-state index contributed by atoms with van der Waals surface area (Å²) in [7, 11) is 3.58. The van der Waals surface area contributed by atoms with E-state index in [0.29, 0.717) is 24.1 Å². The van der Waals surface area contributed by atoms with Crippen LogP contribution < -0.4 is 11.2 Å². The predicted molar refractivity (Wildman–Crippen MR) is 116 cm³/mol. The van der Waals surface area contributed by atoms with Crippen molar-refractivity contribution in [3.63, 3.8) is 0 Å². The van der Waals surface area contributed by atoms with Gasteiger partial charge in [-0.3, -0.25) is 13.9 Å². The Balaban J connectivity index is 2.00. The maximum absolute atomic E-state index is 13.4. The maximum Gasteiger partial charge on any atom is 0.332 e. The molecule has 0 N–H and O–H groups in total. The Morgan fingerprint density at radius 1 is 1.03 bits per heavy atom. The number of rotatable bonds is 5. The summed E-state index contributed by atoms with van der Waals surface area (Å²) in [5, 5.41) is 1.68. The van der Waals surface area contributed by atoms with Crippen LogP contribution in [0.2, 0.25) is 0 Å². The normalized spacial score (nSPS) is 12.7. The fourth-order valence-corrected chi connectivity index (χ4v) is 4.22. The molecule has 0 saturated carbocycles. The number of hydrogen-bond acceptors (Lipinski definition) is 3. The number of nitrogens with zero attached hydrogens (tertiary/aromatic N) is 3. The lowest BCUT2D eigenvalue weighted by atomic mass is 10.1. The molecule has 0 fully saturated rings. The van der Waals surface area contributed by atoms with Gasteiger partial charge in [-0.25, -0.2) is 4.79 Å². The summed E-state index contributed by atoms with van der Waals surface area (Å²) in [6, 6.07) is 13.1. The molecule has 6 heteroatoms. The topological polar surface area (TPSA) is 58.2 Å². The van der Waals surface area contributed by atoms with E-state index in [1.807, 2.05) is 38.2 Å². The first-order valence-corrected chi connectivity index (χ1v) is 9.70. The number of fused-ring (bicyclic) bond motifs is 2. The van der Waals surface area contributed by atoms with E-state index in [-0.39, 0.29) is 17.3 Å². The Bertz CT molecular complexity index is 1330. The number of ether oxygens (including phenoxy) is 1. The third-order valence-corrected chi connectivity index (χ3v) is 5.56. The van der Waals surface area contributed by atoms with E-state index < -0.39 is 0 Å². The second kappa shape index (κ2) is 7.37. The van der Waals surface area contributed by atoms with Gasteiger partial charge in [0.05, 0.1) is 30.1 Å². The molecule has 4 aromatic rings. The zero-order valence-electron chi connectivity index (χ0n) is 17.2. The molecule has 1 unspecified atom stereocenters. The lowest BCUT2D eigenvalue weighted by molar-refractivity contribution is 0.158. The quantitative estimate of drug-likeness (QED) is 0.525. The van der Waals surface area contributed by atoms with E-state index in [9.17, 15) is 9.59 Å². The Morgan fingerprint density at radius 2 is 1.76 bits per heavy atom. The van der Waals surface area contributed by atoms with E-state index in [1.165, 1.54) is 4.57 Å². The van der Waals surface area contributed by atoms with Gasteiger partial charge in [-0.05, 0) is 43.2 Å². The molecule has 2 heterocycles. The summed E-state index contributed by atoms with van der Waals surface area (Å²) in [5.41, 5.74) is 3.39. The number of aryl methyl sites for hydroxylation is 2. The number of methoxy groups -OCH3 is 1. The first kappa shape index (κ1) is 19.2. The van der Waals surface area contributed by atoms with Crippen molar-refractivity contribution in [2.45, 2.75) is 26.4 Å². The van der Waals surface area contributed by atoms with Gasteiger partial charge in [0, 0.05) is 31.3 Å². The minimum atomic E-state index is -0.356. The van der Waals surface area contributed by atoms with Crippen LogP contribution in [-0.4, -0.2) is 27.4 Å². The van der Waals surface area contributed by atoms with Crippen molar-refractivity contribution >= 4 is 21.8 Å². The van der Waals surface area contributed by atoms with E-state index in [2.05, 4.69) is 29.8 Å². The molecule has 0 radical (unpaired) electrons. The Hall–Kier alpha value is -3.12. The monoisotopic (exact) mass is 391 g/mol. The minimum Gasteiger partial charge on any atom is -0.383 e. The van der Waals surface area contributed by atoms with Crippen LogP contribution >= 0.6 is 0 Å². The largest absolute Gasteiger partial charge is 0.383 e. The van der Waals surface area contributed by atoms with Gasteiger partial charge in [0.2, 0.25) is 0 Å². The summed E-state index contributed by atoms with van der Waals surface area (Å²) in [4.78, 5) is 26.4. The van der Waals surface area contributed by atoms with E-state index in [1.54, 1.807) is 17.7 Å². The summed E-state index contributed by atoms with van der Waals surface area (Å²) in [5.74, 6) is 0.